The zero-order chi connectivity index (χ0) is 22.3. The number of nitriles is 1. The highest BCUT2D eigenvalue weighted by atomic mass is 35.5. The number of morpholine rings is 1. The molecule has 1 N–H and O–H groups in total. The lowest BCUT2D eigenvalue weighted by Crippen LogP contribution is -2.41. The number of aryl methyl sites for hydroxylation is 1. The van der Waals surface area contributed by atoms with E-state index in [1.165, 1.54) is 0 Å². The Kier molecular flexibility index (Phi) is 10.4. The fourth-order valence-corrected chi connectivity index (χ4v) is 3.81. The number of carbonyl (C=O) groups is 1. The molecule has 178 valence electrons. The van der Waals surface area contributed by atoms with Gasteiger partial charge in [0, 0.05) is 37.3 Å². The fraction of sp³-hybridized carbons (Fsp3) is 0.280. The average Bonchev–Trinajstić information content (AvgIpc) is 2.84. The second kappa shape index (κ2) is 13.0. The number of pyridine rings is 2. The van der Waals surface area contributed by atoms with Crippen molar-refractivity contribution in [3.63, 3.8) is 0 Å². The van der Waals surface area contributed by atoms with Gasteiger partial charge in [-0.05, 0) is 25.1 Å². The molecule has 0 atom stereocenters. The number of aromatic nitrogens is 2. The van der Waals surface area contributed by atoms with Gasteiger partial charge in [0.25, 0.3) is 5.91 Å². The van der Waals surface area contributed by atoms with Gasteiger partial charge in [-0.25, -0.2) is 4.98 Å². The Hall–Kier alpha value is -3.02. The lowest BCUT2D eigenvalue weighted by Gasteiger charge is -2.26. The smallest absolute Gasteiger partial charge is 0.253 e. The van der Waals surface area contributed by atoms with Gasteiger partial charge in [0.1, 0.15) is 11.8 Å². The maximum Gasteiger partial charge on any atom is 0.253 e. The van der Waals surface area contributed by atoms with Crippen molar-refractivity contribution in [1.82, 2.24) is 20.2 Å². The molecule has 0 radical (unpaired) electrons. The van der Waals surface area contributed by atoms with Crippen LogP contribution in [0.25, 0.3) is 22.5 Å². The Morgan fingerprint density at radius 2 is 1.79 bits per heavy atom. The molecule has 1 fully saturated rings. The molecule has 0 unspecified atom stereocenters. The zero-order valence-corrected chi connectivity index (χ0v) is 20.5. The average molecular weight is 500 g/mol. The van der Waals surface area contributed by atoms with Crippen molar-refractivity contribution in [3.8, 4) is 28.6 Å². The van der Waals surface area contributed by atoms with Crippen LogP contribution in [0.15, 0.2) is 54.6 Å². The van der Waals surface area contributed by atoms with E-state index in [9.17, 15) is 10.1 Å². The van der Waals surface area contributed by atoms with Gasteiger partial charge >= 0.3 is 0 Å². The second-order valence-corrected chi connectivity index (χ2v) is 7.61. The molecule has 0 saturated carbocycles. The van der Waals surface area contributed by atoms with Gasteiger partial charge in [-0.3, -0.25) is 14.7 Å². The summed E-state index contributed by atoms with van der Waals surface area (Å²) >= 11 is 0. The van der Waals surface area contributed by atoms with Crippen LogP contribution >= 0.6 is 24.8 Å². The lowest BCUT2D eigenvalue weighted by molar-refractivity contribution is 0.0383. The topological polar surface area (TPSA) is 91.1 Å². The number of benzene rings is 1. The largest absolute Gasteiger partial charge is 0.379 e. The number of hydrogen-bond donors (Lipinski definition) is 1. The molecule has 0 aliphatic carbocycles. The van der Waals surface area contributed by atoms with E-state index in [4.69, 9.17) is 9.72 Å². The van der Waals surface area contributed by atoms with E-state index >= 15 is 0 Å². The maximum atomic E-state index is 13.2. The molecular weight excluding hydrogens is 473 g/mol. The summed E-state index contributed by atoms with van der Waals surface area (Å²) in [6.07, 6.45) is 0. The third-order valence-electron chi connectivity index (χ3n) is 5.45. The minimum Gasteiger partial charge on any atom is -0.379 e. The van der Waals surface area contributed by atoms with Crippen LogP contribution in [-0.2, 0) is 4.74 Å². The van der Waals surface area contributed by atoms with E-state index in [-0.39, 0.29) is 30.7 Å². The highest BCUT2D eigenvalue weighted by Gasteiger charge is 2.20. The van der Waals surface area contributed by atoms with Crippen LogP contribution in [0.4, 0.5) is 0 Å². The van der Waals surface area contributed by atoms with Crippen LogP contribution < -0.4 is 5.32 Å². The normalized spacial score (nSPS) is 13.2. The first-order valence-electron chi connectivity index (χ1n) is 10.7. The molecule has 0 bridgehead atoms. The van der Waals surface area contributed by atoms with Crippen molar-refractivity contribution in [1.29, 1.82) is 5.26 Å². The van der Waals surface area contributed by atoms with Gasteiger partial charge in [-0.1, -0.05) is 36.4 Å². The molecule has 2 aromatic heterocycles. The summed E-state index contributed by atoms with van der Waals surface area (Å²) < 4.78 is 5.38. The van der Waals surface area contributed by atoms with Crippen LogP contribution in [-0.4, -0.2) is 60.2 Å². The first-order chi connectivity index (χ1) is 15.7. The van der Waals surface area contributed by atoms with E-state index in [0.717, 1.165) is 44.1 Å². The van der Waals surface area contributed by atoms with Crippen molar-refractivity contribution in [3.05, 3.63) is 71.5 Å². The van der Waals surface area contributed by atoms with Gasteiger partial charge in [-0.15, -0.1) is 24.8 Å². The van der Waals surface area contributed by atoms with Crippen molar-refractivity contribution in [2.75, 3.05) is 39.4 Å². The predicted octanol–water partition coefficient (Wildman–Crippen LogP) is 3.90. The molecule has 34 heavy (non-hydrogen) atoms. The number of nitrogens with zero attached hydrogens (tertiary/aromatic N) is 4. The van der Waals surface area contributed by atoms with Crippen LogP contribution in [0.5, 0.6) is 0 Å². The molecule has 7 nitrogen and oxygen atoms in total. The number of amides is 1. The Labute approximate surface area is 212 Å². The quantitative estimate of drug-likeness (QED) is 0.552. The zero-order valence-electron chi connectivity index (χ0n) is 18.9. The molecule has 0 spiro atoms. The van der Waals surface area contributed by atoms with Crippen molar-refractivity contribution >= 4 is 30.7 Å². The summed E-state index contributed by atoms with van der Waals surface area (Å²) in [6.45, 7) is 6.33. The number of hydrogen-bond acceptors (Lipinski definition) is 6. The van der Waals surface area contributed by atoms with E-state index in [1.807, 2.05) is 49.4 Å². The predicted molar refractivity (Wildman–Crippen MR) is 136 cm³/mol. The van der Waals surface area contributed by atoms with Gasteiger partial charge in [0.15, 0.2) is 0 Å². The van der Waals surface area contributed by atoms with Crippen molar-refractivity contribution < 1.29 is 9.53 Å². The van der Waals surface area contributed by atoms with E-state index in [0.29, 0.717) is 34.8 Å². The SMILES string of the molecule is Cc1nc(-c2ccccc2)cc(-c2cccc(C#N)n2)c1C(=O)NCCN1CCOCC1.Cl.Cl. The first kappa shape index (κ1) is 27.2. The minimum atomic E-state index is -0.193. The Morgan fingerprint density at radius 1 is 1.06 bits per heavy atom. The summed E-state index contributed by atoms with van der Waals surface area (Å²) in [6, 6.07) is 19.0. The van der Waals surface area contributed by atoms with Crippen LogP contribution in [0.3, 0.4) is 0 Å². The summed E-state index contributed by atoms with van der Waals surface area (Å²) in [4.78, 5) is 24.6. The number of nitrogens with one attached hydrogen (secondary N) is 1. The monoisotopic (exact) mass is 499 g/mol. The maximum absolute atomic E-state index is 13.2. The molecule has 1 saturated heterocycles. The van der Waals surface area contributed by atoms with Crippen LogP contribution in [0.1, 0.15) is 21.7 Å². The third kappa shape index (κ3) is 6.52. The third-order valence-corrected chi connectivity index (χ3v) is 5.45. The molecule has 3 aromatic rings. The molecule has 1 aliphatic rings. The van der Waals surface area contributed by atoms with Crippen LogP contribution in [0, 0.1) is 18.3 Å². The summed E-state index contributed by atoms with van der Waals surface area (Å²) in [5, 5.41) is 12.3. The molecule has 9 heteroatoms. The number of carbonyl (C=O) groups excluding carboxylic acids is 1. The summed E-state index contributed by atoms with van der Waals surface area (Å²) in [7, 11) is 0. The molecule has 4 rings (SSSR count). The highest BCUT2D eigenvalue weighted by Crippen LogP contribution is 2.29. The van der Waals surface area contributed by atoms with E-state index < -0.39 is 0 Å². The molecule has 1 amide bonds. The van der Waals surface area contributed by atoms with Gasteiger partial charge in [0.2, 0.25) is 0 Å². The van der Waals surface area contributed by atoms with Gasteiger partial charge < -0.3 is 10.1 Å². The fourth-order valence-electron chi connectivity index (χ4n) is 3.81. The summed E-state index contributed by atoms with van der Waals surface area (Å²) in [5.41, 5.74) is 4.35. The lowest BCUT2D eigenvalue weighted by atomic mass is 9.98. The summed E-state index contributed by atoms with van der Waals surface area (Å²) in [5.74, 6) is -0.193. The van der Waals surface area contributed by atoms with Gasteiger partial charge in [0.05, 0.1) is 35.9 Å². The first-order valence-corrected chi connectivity index (χ1v) is 10.7. The Bertz CT molecular complexity index is 1150. The minimum absolute atomic E-state index is 0. The van der Waals surface area contributed by atoms with Crippen molar-refractivity contribution in [2.24, 2.45) is 0 Å². The van der Waals surface area contributed by atoms with Gasteiger partial charge in [-0.2, -0.15) is 5.26 Å². The van der Waals surface area contributed by atoms with Crippen LogP contribution in [0.2, 0.25) is 0 Å². The molecule has 3 heterocycles. The number of halogens is 2. The Morgan fingerprint density at radius 3 is 2.50 bits per heavy atom. The Balaban J connectivity index is 0.00000204. The molecular formula is C25H27Cl2N5O2. The van der Waals surface area contributed by atoms with E-state index in [2.05, 4.69) is 21.3 Å². The standard InChI is InChI=1S/C25H25N5O2.2ClH/c1-18-24(25(31)27-10-11-30-12-14-32-15-13-30)21(22-9-5-8-20(17-26)29-22)16-23(28-18)19-6-3-2-4-7-19;;/h2-9,16H,10-15H2,1H3,(H,27,31);2*1H. The number of rotatable bonds is 6. The second-order valence-electron chi connectivity index (χ2n) is 7.61. The number of ether oxygens (including phenoxy) is 1. The van der Waals surface area contributed by atoms with Crippen molar-refractivity contribution in [2.45, 2.75) is 6.92 Å². The molecule has 1 aliphatic heterocycles. The van der Waals surface area contributed by atoms with E-state index in [1.54, 1.807) is 12.1 Å². The highest BCUT2D eigenvalue weighted by molar-refractivity contribution is 6.02. The molecule has 1 aromatic carbocycles.